The van der Waals surface area contributed by atoms with Crippen LogP contribution in [-0.2, 0) is 126 Å². The topological polar surface area (TPSA) is 713 Å². The first-order valence-corrected chi connectivity index (χ1v) is 46.1. The van der Waals surface area contributed by atoms with Crippen LogP contribution in [0, 0.1) is 5.92 Å². The third-order valence-electron chi connectivity index (χ3n) is 24.5. The summed E-state index contributed by atoms with van der Waals surface area (Å²) in [7, 11) is 3.61. The number of aromatic nitrogens is 2. The third kappa shape index (κ3) is 31.2. The van der Waals surface area contributed by atoms with Crippen molar-refractivity contribution in [3.63, 3.8) is 0 Å². The zero-order valence-electron chi connectivity index (χ0n) is 78.9. The molecule has 8 rings (SSSR count). The standard InChI is InChI=1S/C92H128N22O25/c1-9-11-21-68-85(132)101-59(30-32-77(122)123)82(129)108-66(80(127)99-43-75(96)120)42-97-44-76(121)100-63(35-50-25-27-53(115)28-26-50)88(135)109(6)49(5)79(126)105-65(40-74(95)119)90(137)113-33-17-24-69(113)86(133)102-58(29-31-72(93)117)81(128)106-62(34-48(3)4)91(138)114-46-54(116)38-71(114)87(134)104-60(36-51-41-98-57-20-15-13-18-55(51)57)83(130)103-61(39-73(94)118)84(131)107-64(89(136)111(8)70(22-12-10-2)92(139)110(68)7)37-52-45-112(47-78(124)125)67-23-16-14-19-56(52)67/h13-16,18-20,23,25-28,41,45,48-49,54,58-66,68-71,97-98,115-116H,9-12,17,21-22,24,29-40,42-44,46-47H2,1-8H3,(H2,93,117)(H2,94,118)(H2,95,119)(H2,96,120)(H,99,127)(H,100,121)(H,101,132)(H,102,133)(H,103,130)(H,104,134)(H,105,126)(H,106,128)(H,107,131)(H,108,129)(H,122,123)(H,124,125)/t49-,54+,58-,59-,60-,61-,62-,63-,64-,65-,66-,68-,69-,70-,71-/m0/s1. The van der Waals surface area contributed by atoms with Crippen molar-refractivity contribution in [1.82, 2.24) is 92.5 Å². The number of aromatic amines is 1. The third-order valence-corrected chi connectivity index (χ3v) is 24.5. The predicted octanol–water partition coefficient (Wildman–Crippen LogP) is -4.73. The Bertz CT molecular complexity index is 5350. The molecule has 5 aromatic rings. The number of carbonyl (C=O) groups excluding carboxylic acids is 19. The van der Waals surface area contributed by atoms with Gasteiger partial charge in [-0.05, 0) is 98.7 Å². The fourth-order valence-corrected chi connectivity index (χ4v) is 17.0. The number of hydrogen-bond acceptors (Lipinski definition) is 24. The molecule has 2 aromatic heterocycles. The largest absolute Gasteiger partial charge is 0.508 e. The number of carboxylic acid groups (broad SMARTS) is 2. The van der Waals surface area contributed by atoms with E-state index in [1.807, 2.05) is 0 Å². The van der Waals surface area contributed by atoms with Crippen LogP contribution in [-0.4, -0.2) is 323 Å². The van der Waals surface area contributed by atoms with Gasteiger partial charge in [-0.25, -0.2) is 0 Å². The van der Waals surface area contributed by atoms with Gasteiger partial charge in [0.15, 0.2) is 0 Å². The van der Waals surface area contributed by atoms with Crippen LogP contribution in [0.5, 0.6) is 5.75 Å². The zero-order chi connectivity index (χ0) is 103. The van der Waals surface area contributed by atoms with Gasteiger partial charge < -0.3 is 136 Å². The number of unbranched alkanes of at least 4 members (excludes halogenated alkanes) is 2. The first-order valence-electron chi connectivity index (χ1n) is 46.1. The molecular formula is C92H128N22O25. The maximum atomic E-state index is 16.0. The molecule has 3 aliphatic heterocycles. The van der Waals surface area contributed by atoms with Crippen molar-refractivity contribution < 1.29 is 121 Å². The molecule has 0 saturated carbocycles. The highest BCUT2D eigenvalue weighted by atomic mass is 16.4. The van der Waals surface area contributed by atoms with E-state index in [1.165, 1.54) is 62.2 Å². The lowest BCUT2D eigenvalue weighted by molar-refractivity contribution is -0.149. The molecule has 19 amide bonds. The molecule has 3 fully saturated rings. The zero-order valence-corrected chi connectivity index (χ0v) is 78.9. The fraction of sp³-hybridized carbons (Fsp3) is 0.533. The van der Waals surface area contributed by atoms with Gasteiger partial charge >= 0.3 is 11.9 Å². The molecule has 0 aliphatic carbocycles. The highest BCUT2D eigenvalue weighted by Gasteiger charge is 2.47. The lowest BCUT2D eigenvalue weighted by Crippen LogP contribution is -2.61. The Morgan fingerprint density at radius 3 is 1.67 bits per heavy atom. The molecule has 139 heavy (non-hydrogen) atoms. The molecule has 756 valence electrons. The summed E-state index contributed by atoms with van der Waals surface area (Å²) < 4.78 is 1.36. The molecule has 24 N–H and O–H groups in total. The number of amides is 19. The monoisotopic (exact) mass is 1940 g/mol. The van der Waals surface area contributed by atoms with Crippen molar-refractivity contribution in [1.29, 1.82) is 0 Å². The summed E-state index contributed by atoms with van der Waals surface area (Å²) in [6.45, 7) is 4.42. The Balaban J connectivity index is 1.23. The van der Waals surface area contributed by atoms with Crippen molar-refractivity contribution >= 4 is 146 Å². The Kier molecular flexibility index (Phi) is 40.6. The summed E-state index contributed by atoms with van der Waals surface area (Å²) in [6.07, 6.45) is -4.00. The number of carbonyl (C=O) groups is 21. The second-order valence-electron chi connectivity index (χ2n) is 35.6. The maximum absolute atomic E-state index is 16.0. The van der Waals surface area contributed by atoms with Gasteiger partial charge in [-0.15, -0.1) is 0 Å². The molecule has 0 spiro atoms. The number of carboxylic acids is 2. The Labute approximate surface area is 800 Å². The average molecular weight is 1940 g/mol. The number of aromatic hydroxyl groups is 1. The molecule has 47 nitrogen and oxygen atoms in total. The van der Waals surface area contributed by atoms with Crippen LogP contribution >= 0.6 is 0 Å². The lowest BCUT2D eigenvalue weighted by Gasteiger charge is -2.36. The summed E-state index contributed by atoms with van der Waals surface area (Å²) in [6, 6.07) is -5.39. The Hall–Kier alpha value is -14.7. The molecule has 5 heterocycles. The van der Waals surface area contributed by atoms with Gasteiger partial charge in [0.25, 0.3) is 0 Å². The second kappa shape index (κ2) is 51.5. The SMILES string of the molecule is CCCC[C@H]1C(=O)N(C)[C@@H](CCCC)C(=O)N[C@@H](CCC(=O)O)C(=O)N[C@H](C(=O)NCC(N)=O)CNCC(=O)N[C@@H](Cc2ccc(O)cc2)C(=O)N(C)[C@@H](C)C(=O)N[C@@H](CC(N)=O)C(=O)N2CCC[C@H]2C(=O)N[C@@H](CCC(N)=O)C(=O)N[C@@H](CC(C)C)C(=O)N2C[C@H](O)C[C@H]2C(=O)N[C@@H](Cc2c[nH]c3ccccc23)C(=O)N[C@@H](CC(N)=O)C(=O)N[C@@H](Cc2cn(CC(=O)O)c3ccccc23)C(=O)N1C. The van der Waals surface area contributed by atoms with Gasteiger partial charge in [0.05, 0.1) is 32.0 Å². The number of aliphatic hydroxyl groups is 1. The molecule has 3 saturated heterocycles. The summed E-state index contributed by atoms with van der Waals surface area (Å²) in [4.78, 5) is 309. The molecule has 3 aromatic carbocycles. The molecular weight excluding hydrogens is 1810 g/mol. The van der Waals surface area contributed by atoms with Crippen molar-refractivity contribution in [2.45, 2.75) is 254 Å². The van der Waals surface area contributed by atoms with E-state index in [0.717, 1.165) is 31.5 Å². The number of nitrogens with zero attached hydrogens (tertiary/aromatic N) is 6. The first-order chi connectivity index (χ1) is 65.8. The van der Waals surface area contributed by atoms with E-state index in [2.05, 4.69) is 63.5 Å². The number of benzene rings is 3. The van der Waals surface area contributed by atoms with Crippen LogP contribution in [0.4, 0.5) is 0 Å². The summed E-state index contributed by atoms with van der Waals surface area (Å²) in [5, 5.41) is 70.6. The van der Waals surface area contributed by atoms with Crippen LogP contribution in [0.25, 0.3) is 21.8 Å². The Morgan fingerprint density at radius 2 is 1.04 bits per heavy atom. The Morgan fingerprint density at radius 1 is 0.504 bits per heavy atom. The van der Waals surface area contributed by atoms with Crippen LogP contribution in [0.2, 0.25) is 0 Å². The van der Waals surface area contributed by atoms with Crippen LogP contribution < -0.4 is 81.4 Å². The number of likely N-dealkylation sites (N-methyl/N-ethyl adjacent to an activating group) is 3. The highest BCUT2D eigenvalue weighted by Crippen LogP contribution is 2.29. The van der Waals surface area contributed by atoms with Gasteiger partial charge in [-0.1, -0.05) is 102 Å². The van der Waals surface area contributed by atoms with E-state index in [-0.39, 0.29) is 69.2 Å². The number of primary amides is 4. The number of phenols is 1. The summed E-state index contributed by atoms with van der Waals surface area (Å²) in [5.41, 5.74) is 24.4. The molecule has 3 aliphatic rings. The molecule has 0 unspecified atom stereocenters. The second-order valence-corrected chi connectivity index (χ2v) is 35.6. The van der Waals surface area contributed by atoms with Crippen LogP contribution in [0.3, 0.4) is 0 Å². The first kappa shape index (κ1) is 110. The minimum Gasteiger partial charge on any atom is -0.508 e. The molecule has 0 radical (unpaired) electrons. The molecule has 0 bridgehead atoms. The number of para-hydroxylation sites is 2. The normalized spacial score (nSPS) is 24.3. The van der Waals surface area contributed by atoms with Gasteiger partial charge in [0, 0.05) is 114 Å². The number of aliphatic carboxylic acids is 2. The van der Waals surface area contributed by atoms with Gasteiger partial charge in [-0.2, -0.15) is 0 Å². The van der Waals surface area contributed by atoms with E-state index < -0.39 is 311 Å². The fourth-order valence-electron chi connectivity index (χ4n) is 17.0. The smallest absolute Gasteiger partial charge is 0.323 e. The quantitative estimate of drug-likeness (QED) is 0.0214. The van der Waals surface area contributed by atoms with E-state index in [1.54, 1.807) is 76.2 Å². The molecule has 15 atom stereocenters. The number of rotatable bonds is 29. The van der Waals surface area contributed by atoms with Crippen LogP contribution in [0.15, 0.2) is 85.2 Å². The van der Waals surface area contributed by atoms with Crippen LogP contribution in [0.1, 0.15) is 154 Å². The predicted molar refractivity (Wildman–Crippen MR) is 497 cm³/mol. The number of nitrogens with one attached hydrogen (secondary N) is 12. The maximum Gasteiger partial charge on any atom is 0.323 e. The number of hydrogen-bond donors (Lipinski definition) is 20. The summed E-state index contributed by atoms with van der Waals surface area (Å²) in [5.74, 6) is -23.8. The number of phenolic OH excluding ortho intramolecular Hbond substituents is 1. The minimum atomic E-state index is -2.05. The van der Waals surface area contributed by atoms with Gasteiger partial charge in [-0.3, -0.25) is 101 Å². The van der Waals surface area contributed by atoms with Crippen molar-refractivity contribution in [2.24, 2.45) is 28.9 Å². The van der Waals surface area contributed by atoms with Gasteiger partial charge in [0.1, 0.15) is 96.9 Å². The van der Waals surface area contributed by atoms with Crippen molar-refractivity contribution in [3.8, 4) is 5.75 Å². The van der Waals surface area contributed by atoms with E-state index >= 15 is 33.6 Å². The lowest BCUT2D eigenvalue weighted by atomic mass is 9.99. The summed E-state index contributed by atoms with van der Waals surface area (Å²) >= 11 is 0. The highest BCUT2D eigenvalue weighted by molar-refractivity contribution is 6.03. The number of aliphatic hydroxyl groups excluding tert-OH is 1. The van der Waals surface area contributed by atoms with E-state index in [0.29, 0.717) is 45.8 Å². The number of H-pyrrole nitrogens is 1. The van der Waals surface area contributed by atoms with E-state index in [4.69, 9.17) is 22.9 Å². The van der Waals surface area contributed by atoms with E-state index in [9.17, 15) is 87.5 Å². The number of nitrogens with two attached hydrogens (primary N) is 4. The molecule has 47 heteroatoms. The number of fused-ring (bicyclic) bond motifs is 4. The van der Waals surface area contributed by atoms with Gasteiger partial charge in [0.2, 0.25) is 112 Å². The van der Waals surface area contributed by atoms with Crippen molar-refractivity contribution in [3.05, 3.63) is 102 Å². The minimum absolute atomic E-state index is 0.100. The average Bonchev–Trinajstić information content (AvgIpc) is 1.57. The van der Waals surface area contributed by atoms with Crippen molar-refractivity contribution in [2.75, 3.05) is 53.9 Å².